The normalized spacial score (nSPS) is 13.3. The molecule has 0 bridgehead atoms. The molecule has 0 spiro atoms. The number of aromatic nitrogens is 4. The van der Waals surface area contributed by atoms with Gasteiger partial charge in [-0.15, -0.1) is 0 Å². The minimum absolute atomic E-state index is 0.170. The van der Waals surface area contributed by atoms with Crippen molar-refractivity contribution in [2.75, 3.05) is 23.3 Å². The summed E-state index contributed by atoms with van der Waals surface area (Å²) in [5.41, 5.74) is 3.95. The fourth-order valence-corrected chi connectivity index (χ4v) is 6.18. The number of carbonyl (C=O) groups is 1. The molecule has 0 radical (unpaired) electrons. The molecule has 1 aliphatic heterocycles. The van der Waals surface area contributed by atoms with E-state index in [1.807, 2.05) is 84.9 Å². The molecule has 224 valence electrons. The number of benzene rings is 4. The summed E-state index contributed by atoms with van der Waals surface area (Å²) in [6.45, 7) is 1.51. The van der Waals surface area contributed by atoms with Crippen LogP contribution in [0.4, 0.5) is 11.4 Å². The maximum absolute atomic E-state index is 13.7. The fraction of sp³-hybridized carbons (Fsp3) is 0.194. The van der Waals surface area contributed by atoms with Crippen molar-refractivity contribution in [3.05, 3.63) is 118 Å². The van der Waals surface area contributed by atoms with Gasteiger partial charge in [0, 0.05) is 42.0 Å². The van der Waals surface area contributed by atoms with Gasteiger partial charge in [0.05, 0.1) is 33.5 Å². The van der Waals surface area contributed by atoms with E-state index in [9.17, 15) is 14.4 Å². The maximum atomic E-state index is 13.7. The number of fused-ring (bicyclic) bond motifs is 2. The van der Waals surface area contributed by atoms with E-state index in [1.165, 1.54) is 15.8 Å². The van der Waals surface area contributed by atoms with Gasteiger partial charge in [-0.2, -0.15) is 10.2 Å². The Morgan fingerprint density at radius 2 is 1.29 bits per heavy atom. The summed E-state index contributed by atoms with van der Waals surface area (Å²) < 4.78 is 2.59. The number of hydrogen-bond acceptors (Lipinski definition) is 6. The van der Waals surface area contributed by atoms with Crippen LogP contribution in [0, 0.1) is 0 Å². The molecule has 0 atom stereocenters. The minimum Gasteiger partial charge on any atom is -0.370 e. The molecule has 0 aliphatic carbocycles. The summed E-state index contributed by atoms with van der Waals surface area (Å²) in [5, 5.41) is 14.9. The Labute approximate surface area is 259 Å². The number of hydrogen-bond donors (Lipinski definition) is 1. The summed E-state index contributed by atoms with van der Waals surface area (Å²) in [6.07, 6.45) is 3.31. The number of piperidine rings is 1. The molecule has 2 aromatic heterocycles. The maximum Gasteiger partial charge on any atom is 0.275 e. The average molecular weight is 597 g/mol. The van der Waals surface area contributed by atoms with E-state index < -0.39 is 0 Å². The Hall–Kier alpha value is -5.57. The minimum atomic E-state index is -0.368. The second-order valence-corrected chi connectivity index (χ2v) is 11.4. The van der Waals surface area contributed by atoms with E-state index in [2.05, 4.69) is 20.4 Å². The van der Waals surface area contributed by atoms with Crippen LogP contribution >= 0.6 is 0 Å². The van der Waals surface area contributed by atoms with Crippen molar-refractivity contribution in [3.63, 3.8) is 0 Å². The first-order valence-electron chi connectivity index (χ1n) is 15.2. The van der Waals surface area contributed by atoms with Gasteiger partial charge in [0.25, 0.3) is 11.1 Å². The van der Waals surface area contributed by atoms with Crippen LogP contribution < -0.4 is 21.3 Å². The first-order valence-corrected chi connectivity index (χ1v) is 15.2. The number of anilines is 2. The summed E-state index contributed by atoms with van der Waals surface area (Å²) >= 11 is 0. The SMILES string of the molecule is Cn1nc(-c2ccc(N3CCCCC3)c(NC(=O)Cn3nc(-c4ccccc4)c4ccccc4c3=O)c2)c2ccccc2c1=O. The van der Waals surface area contributed by atoms with Crippen molar-refractivity contribution in [1.29, 1.82) is 0 Å². The van der Waals surface area contributed by atoms with Gasteiger partial charge < -0.3 is 10.2 Å². The molecule has 4 aromatic carbocycles. The van der Waals surface area contributed by atoms with Gasteiger partial charge in [0.2, 0.25) is 5.91 Å². The highest BCUT2D eigenvalue weighted by Crippen LogP contribution is 2.34. The van der Waals surface area contributed by atoms with Crippen LogP contribution in [0.2, 0.25) is 0 Å². The number of amides is 1. The number of nitrogens with zero attached hydrogens (tertiary/aromatic N) is 5. The van der Waals surface area contributed by atoms with Crippen LogP contribution in [0.1, 0.15) is 19.3 Å². The highest BCUT2D eigenvalue weighted by Gasteiger charge is 2.20. The second-order valence-electron chi connectivity index (χ2n) is 11.4. The van der Waals surface area contributed by atoms with Gasteiger partial charge in [-0.05, 0) is 43.5 Å². The van der Waals surface area contributed by atoms with E-state index in [0.29, 0.717) is 27.8 Å². The molecule has 1 saturated heterocycles. The zero-order chi connectivity index (χ0) is 30.9. The molecule has 6 aromatic rings. The van der Waals surface area contributed by atoms with E-state index in [-0.39, 0.29) is 23.6 Å². The van der Waals surface area contributed by atoms with E-state index in [1.54, 1.807) is 19.2 Å². The lowest BCUT2D eigenvalue weighted by Crippen LogP contribution is -2.32. The Bertz CT molecular complexity index is 2180. The summed E-state index contributed by atoms with van der Waals surface area (Å²) in [7, 11) is 1.64. The van der Waals surface area contributed by atoms with Gasteiger partial charge in [-0.25, -0.2) is 9.36 Å². The molecule has 7 rings (SSSR count). The van der Waals surface area contributed by atoms with E-state index in [0.717, 1.165) is 53.5 Å². The zero-order valence-electron chi connectivity index (χ0n) is 24.9. The summed E-state index contributed by atoms with van der Waals surface area (Å²) in [4.78, 5) is 42.3. The Kier molecular flexibility index (Phi) is 7.42. The van der Waals surface area contributed by atoms with Crippen molar-refractivity contribution in [3.8, 4) is 22.5 Å². The number of carbonyl (C=O) groups excluding carboxylic acids is 1. The highest BCUT2D eigenvalue weighted by atomic mass is 16.2. The van der Waals surface area contributed by atoms with Crippen molar-refractivity contribution >= 4 is 38.8 Å². The van der Waals surface area contributed by atoms with Crippen molar-refractivity contribution < 1.29 is 4.79 Å². The van der Waals surface area contributed by atoms with Gasteiger partial charge >= 0.3 is 0 Å². The molecule has 0 saturated carbocycles. The molecule has 9 nitrogen and oxygen atoms in total. The molecule has 1 aliphatic rings. The van der Waals surface area contributed by atoms with Crippen LogP contribution in [0.3, 0.4) is 0 Å². The third-order valence-corrected chi connectivity index (χ3v) is 8.41. The van der Waals surface area contributed by atoms with Gasteiger partial charge in [-0.3, -0.25) is 14.4 Å². The third-order valence-electron chi connectivity index (χ3n) is 8.41. The van der Waals surface area contributed by atoms with Crippen LogP contribution in [0.5, 0.6) is 0 Å². The van der Waals surface area contributed by atoms with Crippen LogP contribution in [-0.2, 0) is 18.4 Å². The molecule has 9 heteroatoms. The number of aryl methyl sites for hydroxylation is 1. The standard InChI is InChI=1S/C36H32N6O3/c1-40-35(44)28-16-8-6-14-26(28)34(38-40)25-18-19-31(41-20-10-3-11-21-41)30(22-25)37-32(43)23-42-36(45)29-17-9-7-15-27(29)33(39-42)24-12-4-2-5-13-24/h2,4-9,12-19,22H,3,10-11,20-21,23H2,1H3,(H,37,43). The summed E-state index contributed by atoms with van der Waals surface area (Å²) in [6, 6.07) is 30.3. The van der Waals surface area contributed by atoms with Crippen molar-refractivity contribution in [2.45, 2.75) is 25.8 Å². The van der Waals surface area contributed by atoms with Gasteiger partial charge in [0.15, 0.2) is 0 Å². The molecule has 1 fully saturated rings. The Morgan fingerprint density at radius 3 is 1.98 bits per heavy atom. The molecular formula is C36H32N6O3. The van der Waals surface area contributed by atoms with E-state index >= 15 is 0 Å². The lowest BCUT2D eigenvalue weighted by atomic mass is 10.0. The van der Waals surface area contributed by atoms with Crippen LogP contribution in [0.25, 0.3) is 44.1 Å². The molecule has 3 heterocycles. The predicted molar refractivity (Wildman–Crippen MR) is 179 cm³/mol. The molecule has 1 amide bonds. The monoisotopic (exact) mass is 596 g/mol. The third kappa shape index (κ3) is 5.37. The molecular weight excluding hydrogens is 564 g/mol. The van der Waals surface area contributed by atoms with E-state index in [4.69, 9.17) is 0 Å². The predicted octanol–water partition coefficient (Wildman–Crippen LogP) is 5.61. The van der Waals surface area contributed by atoms with Crippen molar-refractivity contribution in [2.24, 2.45) is 7.05 Å². The smallest absolute Gasteiger partial charge is 0.275 e. The van der Waals surface area contributed by atoms with Crippen LogP contribution in [0.15, 0.2) is 107 Å². The van der Waals surface area contributed by atoms with Crippen molar-refractivity contribution in [1.82, 2.24) is 19.6 Å². The lowest BCUT2D eigenvalue weighted by Gasteiger charge is -2.31. The molecule has 0 unspecified atom stereocenters. The second kappa shape index (κ2) is 11.8. The quantitative estimate of drug-likeness (QED) is 0.268. The Morgan fingerprint density at radius 1 is 0.689 bits per heavy atom. The zero-order valence-corrected chi connectivity index (χ0v) is 24.9. The number of nitrogens with one attached hydrogen (secondary N) is 1. The fourth-order valence-electron chi connectivity index (χ4n) is 6.18. The summed E-state index contributed by atoms with van der Waals surface area (Å²) in [5.74, 6) is -0.368. The number of rotatable bonds is 6. The first-order chi connectivity index (χ1) is 22.0. The average Bonchev–Trinajstić information content (AvgIpc) is 3.08. The molecule has 45 heavy (non-hydrogen) atoms. The Balaban J connectivity index is 1.29. The highest BCUT2D eigenvalue weighted by molar-refractivity contribution is 5.99. The largest absolute Gasteiger partial charge is 0.370 e. The van der Waals surface area contributed by atoms with Gasteiger partial charge in [0.1, 0.15) is 6.54 Å². The lowest BCUT2D eigenvalue weighted by molar-refractivity contribution is -0.117. The van der Waals surface area contributed by atoms with Crippen LogP contribution in [-0.4, -0.2) is 38.6 Å². The topological polar surface area (TPSA) is 102 Å². The first kappa shape index (κ1) is 28.2. The molecule has 1 N–H and O–H groups in total. The van der Waals surface area contributed by atoms with Gasteiger partial charge in [-0.1, -0.05) is 72.8 Å².